The zero-order chi connectivity index (χ0) is 18.6. The number of thiol groups is 2. The average molecular weight is 395 g/mol. The Morgan fingerprint density at radius 1 is 0.536 bits per heavy atom. The van der Waals surface area contributed by atoms with Crippen LogP contribution in [0, 0.1) is 0 Å². The first-order chi connectivity index (χ1) is 13.7. The number of fused-ring (bicyclic) bond motifs is 9. The monoisotopic (exact) mass is 394 g/mol. The van der Waals surface area contributed by atoms with Crippen molar-refractivity contribution < 1.29 is 0 Å². The molecule has 2 heteroatoms. The third-order valence-electron chi connectivity index (χ3n) is 6.85. The summed E-state index contributed by atoms with van der Waals surface area (Å²) in [5.41, 5.74) is 6.01. The van der Waals surface area contributed by atoms with Crippen LogP contribution >= 0.6 is 25.3 Å². The van der Waals surface area contributed by atoms with Crippen LogP contribution < -0.4 is 0 Å². The predicted molar refractivity (Wildman–Crippen MR) is 127 cm³/mol. The van der Waals surface area contributed by atoms with E-state index in [1.165, 1.54) is 65.3 Å². The van der Waals surface area contributed by atoms with Crippen LogP contribution in [0.1, 0.15) is 32.8 Å². The lowest BCUT2D eigenvalue weighted by molar-refractivity contribution is 0.740. The summed E-state index contributed by atoms with van der Waals surface area (Å²) in [5.74, 6) is 0. The fourth-order valence-corrected chi connectivity index (χ4v) is 6.37. The molecule has 0 heterocycles. The van der Waals surface area contributed by atoms with E-state index in [1.807, 2.05) is 0 Å². The van der Waals surface area contributed by atoms with Gasteiger partial charge in [-0.3, -0.25) is 0 Å². The highest BCUT2D eigenvalue weighted by Gasteiger charge is 2.37. The van der Waals surface area contributed by atoms with Crippen molar-refractivity contribution in [2.75, 3.05) is 0 Å². The molecule has 2 atom stereocenters. The molecule has 7 rings (SSSR count). The molecule has 28 heavy (non-hydrogen) atoms. The maximum absolute atomic E-state index is 4.84. The smallest absolute Gasteiger partial charge is 0.0316 e. The van der Waals surface area contributed by atoms with Crippen molar-refractivity contribution in [1.82, 2.24) is 0 Å². The van der Waals surface area contributed by atoms with Gasteiger partial charge in [-0.05, 0) is 115 Å². The van der Waals surface area contributed by atoms with E-state index in [4.69, 9.17) is 25.3 Å². The van der Waals surface area contributed by atoms with Gasteiger partial charge in [0.25, 0.3) is 0 Å². The summed E-state index contributed by atoms with van der Waals surface area (Å²) in [6.07, 6.45) is 2.18. The van der Waals surface area contributed by atoms with E-state index in [0.717, 1.165) is 12.8 Å². The van der Waals surface area contributed by atoms with Crippen molar-refractivity contribution in [2.24, 2.45) is 0 Å². The van der Waals surface area contributed by atoms with Gasteiger partial charge in [-0.25, -0.2) is 0 Å². The lowest BCUT2D eigenvalue weighted by Gasteiger charge is -2.40. The van der Waals surface area contributed by atoms with Gasteiger partial charge in [0.05, 0.1) is 0 Å². The molecule has 0 saturated carbocycles. The van der Waals surface area contributed by atoms with E-state index in [9.17, 15) is 0 Å². The van der Waals surface area contributed by atoms with Crippen molar-refractivity contribution in [2.45, 2.75) is 23.3 Å². The largest absolute Gasteiger partial charge is 0.171 e. The molecule has 0 radical (unpaired) electrons. The van der Waals surface area contributed by atoms with Crippen LogP contribution in [0.3, 0.4) is 0 Å². The summed E-state index contributed by atoms with van der Waals surface area (Å²) < 4.78 is 0. The maximum atomic E-state index is 4.84. The Hall–Kier alpha value is -2.16. The lowest BCUT2D eigenvalue weighted by atomic mass is 9.70. The molecule has 0 amide bonds. The van der Waals surface area contributed by atoms with Crippen LogP contribution in [0.25, 0.3) is 43.1 Å². The number of rotatable bonds is 0. The lowest BCUT2D eigenvalue weighted by Crippen LogP contribution is -2.25. The summed E-state index contributed by atoms with van der Waals surface area (Å²) in [6.45, 7) is 0. The van der Waals surface area contributed by atoms with Gasteiger partial charge in [0.15, 0.2) is 0 Å². The summed E-state index contributed by atoms with van der Waals surface area (Å²) in [5, 5.41) is 11.5. The highest BCUT2D eigenvalue weighted by Crippen LogP contribution is 2.54. The van der Waals surface area contributed by atoms with Crippen molar-refractivity contribution in [1.29, 1.82) is 0 Å². The molecule has 0 aromatic heterocycles. The quantitative estimate of drug-likeness (QED) is 0.199. The van der Waals surface area contributed by atoms with Crippen LogP contribution in [-0.2, 0) is 12.8 Å². The maximum Gasteiger partial charge on any atom is 0.0316 e. The molecule has 0 fully saturated rings. The molecule has 0 nitrogen and oxygen atoms in total. The van der Waals surface area contributed by atoms with Gasteiger partial charge in [-0.2, -0.15) is 25.3 Å². The Labute approximate surface area is 174 Å². The minimum atomic E-state index is 0.366. The summed E-state index contributed by atoms with van der Waals surface area (Å²) in [7, 11) is 0. The Balaban J connectivity index is 1.60. The molecule has 0 aliphatic heterocycles. The zero-order valence-corrected chi connectivity index (χ0v) is 17.0. The van der Waals surface area contributed by atoms with Crippen LogP contribution in [0.2, 0.25) is 0 Å². The second kappa shape index (κ2) is 5.25. The van der Waals surface area contributed by atoms with Crippen LogP contribution in [0.15, 0.2) is 60.7 Å². The Morgan fingerprint density at radius 3 is 1.64 bits per heavy atom. The van der Waals surface area contributed by atoms with Crippen LogP contribution in [0.4, 0.5) is 0 Å². The topological polar surface area (TPSA) is 0 Å². The minimum Gasteiger partial charge on any atom is -0.171 e. The Morgan fingerprint density at radius 2 is 1.04 bits per heavy atom. The van der Waals surface area contributed by atoms with Gasteiger partial charge in [0.1, 0.15) is 0 Å². The molecule has 0 bridgehead atoms. The van der Waals surface area contributed by atoms with Crippen LogP contribution in [0.5, 0.6) is 0 Å². The third-order valence-corrected chi connectivity index (χ3v) is 7.73. The summed E-state index contributed by atoms with van der Waals surface area (Å²) in [4.78, 5) is 0. The second-order valence-electron chi connectivity index (χ2n) is 8.37. The molecule has 5 aromatic rings. The van der Waals surface area contributed by atoms with E-state index in [0.29, 0.717) is 10.5 Å². The molecule has 0 N–H and O–H groups in total. The van der Waals surface area contributed by atoms with E-state index >= 15 is 0 Å². The van der Waals surface area contributed by atoms with E-state index in [-0.39, 0.29) is 0 Å². The fourth-order valence-electron chi connectivity index (χ4n) is 5.40. The number of hydrogen-bond acceptors (Lipinski definition) is 2. The molecule has 2 aliphatic rings. The highest BCUT2D eigenvalue weighted by atomic mass is 32.1. The summed E-state index contributed by atoms with van der Waals surface area (Å²) >= 11 is 9.64. The van der Waals surface area contributed by atoms with Crippen molar-refractivity contribution in [3.8, 4) is 0 Å². The predicted octanol–water partition coefficient (Wildman–Crippen LogP) is 7.35. The van der Waals surface area contributed by atoms with Gasteiger partial charge in [-0.1, -0.05) is 24.3 Å². The molecule has 5 aromatic carbocycles. The Kier molecular flexibility index (Phi) is 2.95. The molecule has 0 saturated heterocycles. The average Bonchev–Trinajstić information content (AvgIpc) is 2.67. The number of hydrogen-bond donors (Lipinski definition) is 2. The third kappa shape index (κ3) is 1.90. The highest BCUT2D eigenvalue weighted by molar-refractivity contribution is 7.80. The molecule has 2 unspecified atom stereocenters. The number of benzene rings is 5. The summed E-state index contributed by atoms with van der Waals surface area (Å²) in [6, 6.07) is 22.8. The van der Waals surface area contributed by atoms with Gasteiger partial charge in [0.2, 0.25) is 0 Å². The van der Waals surface area contributed by atoms with E-state index in [1.54, 1.807) is 0 Å². The molecule has 0 spiro atoms. The molecular formula is C26H18S2. The second-order valence-corrected chi connectivity index (χ2v) is 9.61. The van der Waals surface area contributed by atoms with Gasteiger partial charge in [-0.15, -0.1) is 0 Å². The first kappa shape index (κ1) is 15.7. The molecule has 2 aliphatic carbocycles. The minimum absolute atomic E-state index is 0.366. The SMILES string of the molecule is SC1Cc2c1c1c(c3cc4cc5cc6ccccc6cc5cc4cc23)C(S)C1. The first-order valence-corrected chi connectivity index (χ1v) is 10.9. The van der Waals surface area contributed by atoms with E-state index < -0.39 is 0 Å². The fraction of sp³-hybridized carbons (Fsp3) is 0.154. The molecule has 134 valence electrons. The van der Waals surface area contributed by atoms with Crippen molar-refractivity contribution in [3.05, 3.63) is 82.9 Å². The van der Waals surface area contributed by atoms with Gasteiger partial charge in [0, 0.05) is 10.5 Å². The van der Waals surface area contributed by atoms with E-state index in [2.05, 4.69) is 60.7 Å². The van der Waals surface area contributed by atoms with Crippen molar-refractivity contribution in [3.63, 3.8) is 0 Å². The van der Waals surface area contributed by atoms with Crippen LogP contribution in [-0.4, -0.2) is 0 Å². The Bertz CT molecular complexity index is 1500. The zero-order valence-electron chi connectivity index (χ0n) is 15.2. The van der Waals surface area contributed by atoms with Crippen molar-refractivity contribution >= 4 is 68.3 Å². The standard InChI is InChI=1S/C26H18S2/c27-23-11-21-19-9-17-7-15-5-13-3-1-2-4-14(13)6-16(15)8-18(17)10-20(19)25-22(26(21)23)12-24(25)28/h1-10,23-24,27-28H,11-12H2. The first-order valence-electron chi connectivity index (χ1n) is 9.91. The van der Waals surface area contributed by atoms with Gasteiger partial charge < -0.3 is 0 Å². The molecular weight excluding hydrogens is 376 g/mol. The van der Waals surface area contributed by atoms with Gasteiger partial charge >= 0.3 is 0 Å². The normalized spacial score (nSPS) is 20.2.